The Kier molecular flexibility index (Phi) is 7.70. The molecule has 0 aliphatic heterocycles. The van der Waals surface area contributed by atoms with Crippen LogP contribution in [0.4, 0.5) is 0 Å². The summed E-state index contributed by atoms with van der Waals surface area (Å²) in [6.07, 6.45) is 0.00745. The first-order chi connectivity index (χ1) is 15.4. The highest BCUT2D eigenvalue weighted by molar-refractivity contribution is 5.80. The number of aromatic nitrogens is 2. The molecule has 0 bridgehead atoms. The summed E-state index contributed by atoms with van der Waals surface area (Å²) in [5, 5.41) is 0. The Morgan fingerprint density at radius 2 is 1.62 bits per heavy atom. The molecule has 8 nitrogen and oxygen atoms in total. The lowest BCUT2D eigenvalue weighted by Crippen LogP contribution is -2.31. The Labute approximate surface area is 187 Å². The number of benzene rings is 2. The number of hydrogen-bond donors (Lipinski definition) is 0. The lowest BCUT2D eigenvalue weighted by molar-refractivity contribution is -0.151. The minimum atomic E-state index is -0.520. The maximum atomic E-state index is 12.6. The number of carbonyl (C=O) groups is 2. The van der Waals surface area contributed by atoms with Gasteiger partial charge in [0.2, 0.25) is 0 Å². The molecule has 0 N–H and O–H groups in total. The normalized spacial score (nSPS) is 10.8. The molecule has 170 valence electrons. The van der Waals surface area contributed by atoms with E-state index in [1.54, 1.807) is 16.2 Å². The summed E-state index contributed by atoms with van der Waals surface area (Å²) in [7, 11) is 1.66. The second kappa shape index (κ2) is 10.7. The quantitative estimate of drug-likeness (QED) is 0.454. The molecule has 0 aliphatic rings. The Hall–Kier alpha value is -3.55. The number of esters is 1. The third kappa shape index (κ3) is 5.38. The summed E-state index contributed by atoms with van der Waals surface area (Å²) in [6, 6.07) is 15.0. The standard InChI is InChI=1S/C24H29N3O5/c1-4-26-20-8-6-7-9-21(20)27(24(26)30)15-14-23(29)32-17-22(28)25(3)16-18-10-12-19(13-11-18)31-5-2/h6-13H,4-5,14-17H2,1-3H3. The van der Waals surface area contributed by atoms with Gasteiger partial charge in [-0.25, -0.2) is 4.79 Å². The zero-order valence-electron chi connectivity index (χ0n) is 18.7. The van der Waals surface area contributed by atoms with E-state index < -0.39 is 5.97 Å². The zero-order valence-corrected chi connectivity index (χ0v) is 18.7. The lowest BCUT2D eigenvalue weighted by atomic mass is 10.2. The molecular formula is C24H29N3O5. The third-order valence-corrected chi connectivity index (χ3v) is 5.22. The summed E-state index contributed by atoms with van der Waals surface area (Å²) >= 11 is 0. The van der Waals surface area contributed by atoms with E-state index in [-0.39, 0.29) is 31.2 Å². The highest BCUT2D eigenvalue weighted by Crippen LogP contribution is 2.14. The molecule has 0 spiro atoms. The maximum Gasteiger partial charge on any atom is 0.329 e. The summed E-state index contributed by atoms with van der Waals surface area (Å²) < 4.78 is 13.8. The van der Waals surface area contributed by atoms with Crippen LogP contribution in [0.1, 0.15) is 25.8 Å². The number of imidazole rings is 1. The fourth-order valence-electron chi connectivity index (χ4n) is 3.54. The molecule has 0 saturated carbocycles. The van der Waals surface area contributed by atoms with Gasteiger partial charge in [0.05, 0.1) is 24.1 Å². The van der Waals surface area contributed by atoms with Crippen molar-refractivity contribution in [2.45, 2.75) is 39.9 Å². The lowest BCUT2D eigenvalue weighted by Gasteiger charge is -2.17. The van der Waals surface area contributed by atoms with Gasteiger partial charge < -0.3 is 14.4 Å². The van der Waals surface area contributed by atoms with Crippen molar-refractivity contribution in [3.8, 4) is 5.75 Å². The van der Waals surface area contributed by atoms with Crippen molar-refractivity contribution in [3.63, 3.8) is 0 Å². The molecule has 3 rings (SSSR count). The molecule has 3 aromatic rings. The fraction of sp³-hybridized carbons (Fsp3) is 0.375. The van der Waals surface area contributed by atoms with Crippen LogP contribution >= 0.6 is 0 Å². The molecule has 0 unspecified atom stereocenters. The number of likely N-dealkylation sites (N-methyl/N-ethyl adjacent to an activating group) is 1. The van der Waals surface area contributed by atoms with Crippen LogP contribution in [0.15, 0.2) is 53.3 Å². The van der Waals surface area contributed by atoms with Gasteiger partial charge in [-0.3, -0.25) is 18.7 Å². The highest BCUT2D eigenvalue weighted by Gasteiger charge is 2.15. The Morgan fingerprint density at radius 3 is 2.25 bits per heavy atom. The van der Waals surface area contributed by atoms with E-state index in [0.29, 0.717) is 19.7 Å². The van der Waals surface area contributed by atoms with E-state index in [1.807, 2.05) is 62.4 Å². The van der Waals surface area contributed by atoms with Gasteiger partial charge in [-0.15, -0.1) is 0 Å². The van der Waals surface area contributed by atoms with Gasteiger partial charge in [0.15, 0.2) is 6.61 Å². The molecule has 0 atom stereocenters. The third-order valence-electron chi connectivity index (χ3n) is 5.22. The van der Waals surface area contributed by atoms with E-state index >= 15 is 0 Å². The molecule has 1 amide bonds. The minimum Gasteiger partial charge on any atom is -0.494 e. The number of amides is 1. The summed E-state index contributed by atoms with van der Waals surface area (Å²) in [5.74, 6) is -0.0413. The van der Waals surface area contributed by atoms with Crippen molar-refractivity contribution < 1.29 is 19.1 Å². The molecule has 0 radical (unpaired) electrons. The fourth-order valence-corrected chi connectivity index (χ4v) is 3.54. The summed E-state index contributed by atoms with van der Waals surface area (Å²) in [4.78, 5) is 38.7. The van der Waals surface area contributed by atoms with Crippen LogP contribution in [-0.2, 0) is 34.0 Å². The van der Waals surface area contributed by atoms with Crippen LogP contribution in [0.2, 0.25) is 0 Å². The second-order valence-electron chi connectivity index (χ2n) is 7.40. The van der Waals surface area contributed by atoms with Crippen LogP contribution in [0.25, 0.3) is 11.0 Å². The van der Waals surface area contributed by atoms with Gasteiger partial charge >= 0.3 is 11.7 Å². The van der Waals surface area contributed by atoms with Crippen LogP contribution in [0, 0.1) is 0 Å². The first-order valence-corrected chi connectivity index (χ1v) is 10.7. The number of hydrogen-bond acceptors (Lipinski definition) is 5. The maximum absolute atomic E-state index is 12.6. The van der Waals surface area contributed by atoms with Crippen LogP contribution in [0.3, 0.4) is 0 Å². The van der Waals surface area contributed by atoms with Crippen molar-refractivity contribution >= 4 is 22.9 Å². The molecule has 2 aromatic carbocycles. The van der Waals surface area contributed by atoms with Crippen molar-refractivity contribution in [2.75, 3.05) is 20.3 Å². The average molecular weight is 440 g/mol. The van der Waals surface area contributed by atoms with Crippen LogP contribution in [-0.4, -0.2) is 46.2 Å². The predicted molar refractivity (Wildman–Crippen MR) is 122 cm³/mol. The average Bonchev–Trinajstić information content (AvgIpc) is 3.07. The van der Waals surface area contributed by atoms with E-state index in [1.165, 1.54) is 4.90 Å². The zero-order chi connectivity index (χ0) is 23.1. The van der Waals surface area contributed by atoms with Gasteiger partial charge in [0.25, 0.3) is 5.91 Å². The van der Waals surface area contributed by atoms with Gasteiger partial charge in [-0.1, -0.05) is 24.3 Å². The smallest absolute Gasteiger partial charge is 0.329 e. The van der Waals surface area contributed by atoms with Crippen molar-refractivity contribution in [1.82, 2.24) is 14.0 Å². The van der Waals surface area contributed by atoms with E-state index in [4.69, 9.17) is 9.47 Å². The first-order valence-electron chi connectivity index (χ1n) is 10.7. The van der Waals surface area contributed by atoms with Crippen LogP contribution in [0.5, 0.6) is 5.75 Å². The van der Waals surface area contributed by atoms with Crippen LogP contribution < -0.4 is 10.4 Å². The molecular weight excluding hydrogens is 410 g/mol. The van der Waals surface area contributed by atoms with Gasteiger partial charge in [-0.05, 0) is 43.7 Å². The number of aryl methyl sites for hydroxylation is 2. The molecule has 1 aromatic heterocycles. The number of fused-ring (bicyclic) bond motifs is 1. The minimum absolute atomic E-state index is 0.00745. The second-order valence-corrected chi connectivity index (χ2v) is 7.40. The molecule has 0 saturated heterocycles. The number of rotatable bonds is 10. The Morgan fingerprint density at radius 1 is 0.969 bits per heavy atom. The Balaban J connectivity index is 1.50. The highest BCUT2D eigenvalue weighted by atomic mass is 16.5. The first kappa shape index (κ1) is 23.1. The van der Waals surface area contributed by atoms with Gasteiger partial charge in [0.1, 0.15) is 5.75 Å². The van der Waals surface area contributed by atoms with Crippen molar-refractivity contribution in [2.24, 2.45) is 0 Å². The predicted octanol–water partition coefficient (Wildman–Crippen LogP) is 2.81. The number of nitrogens with zero attached hydrogens (tertiary/aromatic N) is 3. The van der Waals surface area contributed by atoms with E-state index in [9.17, 15) is 14.4 Å². The molecule has 8 heteroatoms. The van der Waals surface area contributed by atoms with Gasteiger partial charge in [-0.2, -0.15) is 0 Å². The van der Waals surface area contributed by atoms with Crippen molar-refractivity contribution in [1.29, 1.82) is 0 Å². The number of para-hydroxylation sites is 2. The topological polar surface area (TPSA) is 82.8 Å². The number of ether oxygens (including phenoxy) is 2. The van der Waals surface area contributed by atoms with Crippen molar-refractivity contribution in [3.05, 3.63) is 64.6 Å². The van der Waals surface area contributed by atoms with E-state index in [2.05, 4.69) is 0 Å². The summed E-state index contributed by atoms with van der Waals surface area (Å²) in [5.41, 5.74) is 2.40. The molecule has 32 heavy (non-hydrogen) atoms. The van der Waals surface area contributed by atoms with E-state index in [0.717, 1.165) is 22.3 Å². The summed E-state index contributed by atoms with van der Waals surface area (Å²) in [6.45, 7) is 5.23. The largest absolute Gasteiger partial charge is 0.494 e. The molecule has 1 heterocycles. The monoisotopic (exact) mass is 439 g/mol. The van der Waals surface area contributed by atoms with Gasteiger partial charge in [0, 0.05) is 26.7 Å². The molecule has 0 fully saturated rings. The Bertz CT molecular complexity index is 1130. The SMILES string of the molecule is CCOc1ccc(CN(C)C(=O)COC(=O)CCn2c(=O)n(CC)c3ccccc32)cc1. The number of carbonyl (C=O) groups excluding carboxylic acids is 2. The molecule has 0 aliphatic carbocycles.